The van der Waals surface area contributed by atoms with E-state index >= 15 is 0 Å². The number of Topliss-reactive ketones (excluding diaryl/α,β-unsaturated/α-hetero) is 1. The van der Waals surface area contributed by atoms with Crippen molar-refractivity contribution < 1.29 is 18.1 Å². The summed E-state index contributed by atoms with van der Waals surface area (Å²) in [7, 11) is -2.85. The average Bonchev–Trinajstić information content (AvgIpc) is 2.42. The molecule has 0 saturated carbocycles. The zero-order valence-electron chi connectivity index (χ0n) is 17.0. The molecule has 4 nitrogen and oxygen atoms in total. The van der Waals surface area contributed by atoms with Crippen molar-refractivity contribution in [3.8, 4) is 0 Å². The first-order valence-corrected chi connectivity index (χ1v) is 11.1. The van der Waals surface area contributed by atoms with E-state index in [1.807, 2.05) is 66.7 Å². The summed E-state index contributed by atoms with van der Waals surface area (Å²) < 4.78 is 18.7. The van der Waals surface area contributed by atoms with Gasteiger partial charge in [0.2, 0.25) is 0 Å². The Morgan fingerprint density at radius 3 is 1.84 bits per heavy atom. The van der Waals surface area contributed by atoms with Gasteiger partial charge in [-0.25, -0.2) is 0 Å². The lowest BCUT2D eigenvalue weighted by atomic mass is 9.97. The molecule has 0 fully saturated rings. The summed E-state index contributed by atoms with van der Waals surface area (Å²) in [6.45, 7) is 15.6. The maximum atomic E-state index is 12.1. The van der Waals surface area contributed by atoms with Crippen LogP contribution in [0.3, 0.4) is 0 Å². The first kappa shape index (κ1) is 22.0. The fourth-order valence-electron chi connectivity index (χ4n) is 3.07. The van der Waals surface area contributed by atoms with Crippen LogP contribution in [0, 0.1) is 6.92 Å². The van der Waals surface area contributed by atoms with Crippen molar-refractivity contribution in [2.45, 2.75) is 86.2 Å². The summed E-state index contributed by atoms with van der Waals surface area (Å²) in [6.07, 6.45) is 0.770. The molecule has 0 heterocycles. The van der Waals surface area contributed by atoms with E-state index in [9.17, 15) is 4.79 Å². The molecular weight excluding hydrogens is 332 g/mol. The summed E-state index contributed by atoms with van der Waals surface area (Å²) in [5.74, 6) is 0.0969. The molecule has 0 unspecified atom stereocenters. The zero-order chi connectivity index (χ0) is 19.2. The highest BCUT2D eigenvalue weighted by atomic mass is 28.4. The summed E-state index contributed by atoms with van der Waals surface area (Å²) in [5, 5.41) is 0. The molecule has 0 saturated heterocycles. The maximum absolute atomic E-state index is 12.1. The second-order valence-electron chi connectivity index (χ2n) is 7.35. The molecule has 25 heavy (non-hydrogen) atoms. The van der Waals surface area contributed by atoms with Gasteiger partial charge in [-0.1, -0.05) is 18.2 Å². The monoisotopic (exact) mass is 366 g/mol. The van der Waals surface area contributed by atoms with Crippen molar-refractivity contribution in [3.05, 3.63) is 34.9 Å². The molecule has 0 aliphatic rings. The second-order valence-corrected chi connectivity index (χ2v) is 9.92. The number of carbonyl (C=O) groups excluding carboxylic acids is 1. The van der Waals surface area contributed by atoms with E-state index in [2.05, 4.69) is 0 Å². The molecule has 1 aromatic carbocycles. The molecule has 142 valence electrons. The van der Waals surface area contributed by atoms with Crippen LogP contribution in [-0.2, 0) is 19.7 Å². The van der Waals surface area contributed by atoms with Gasteiger partial charge < -0.3 is 13.3 Å². The van der Waals surface area contributed by atoms with E-state index in [-0.39, 0.29) is 24.1 Å². The summed E-state index contributed by atoms with van der Waals surface area (Å²) >= 11 is 0. The van der Waals surface area contributed by atoms with Crippen LogP contribution in [0.2, 0.25) is 6.04 Å². The second kappa shape index (κ2) is 9.62. The standard InChI is InChI=1S/C20H34O4Si/c1-14(2)22-25(23-15(3)4,24-16(5)6)13-12-19-11-9-10-17(7)20(19)18(8)21/h9-11,14-16H,12-13H2,1-8H3. The molecule has 0 spiro atoms. The number of ketones is 1. The Labute approximate surface area is 154 Å². The van der Waals surface area contributed by atoms with E-state index < -0.39 is 8.80 Å². The summed E-state index contributed by atoms with van der Waals surface area (Å²) in [6, 6.07) is 6.65. The fraction of sp³-hybridized carbons (Fsp3) is 0.650. The van der Waals surface area contributed by atoms with Gasteiger partial charge in [0.15, 0.2) is 5.78 Å². The average molecular weight is 367 g/mol. The molecular formula is C20H34O4Si. The minimum Gasteiger partial charge on any atom is -0.371 e. The molecule has 0 atom stereocenters. The number of benzene rings is 1. The number of rotatable bonds is 10. The highest BCUT2D eigenvalue weighted by Crippen LogP contribution is 2.26. The molecule has 1 rings (SSSR count). The molecule has 0 aliphatic carbocycles. The highest BCUT2D eigenvalue weighted by Gasteiger charge is 2.44. The largest absolute Gasteiger partial charge is 0.501 e. The third-order valence-corrected chi connectivity index (χ3v) is 7.01. The van der Waals surface area contributed by atoms with Crippen LogP contribution in [-0.4, -0.2) is 32.9 Å². The smallest absolute Gasteiger partial charge is 0.371 e. The first-order chi connectivity index (χ1) is 11.6. The van der Waals surface area contributed by atoms with Crippen LogP contribution in [0.4, 0.5) is 0 Å². The van der Waals surface area contributed by atoms with E-state index in [0.717, 1.165) is 16.7 Å². The fourth-order valence-corrected chi connectivity index (χ4v) is 6.32. The van der Waals surface area contributed by atoms with Crippen LogP contribution in [0.5, 0.6) is 0 Å². The normalized spacial score (nSPS) is 12.4. The Bertz CT molecular complexity index is 540. The van der Waals surface area contributed by atoms with E-state index in [1.165, 1.54) is 0 Å². The number of aryl methyl sites for hydroxylation is 2. The Balaban J connectivity index is 3.13. The molecule has 0 radical (unpaired) electrons. The van der Waals surface area contributed by atoms with Crippen molar-refractivity contribution in [2.75, 3.05) is 0 Å². The molecule has 0 aromatic heterocycles. The molecule has 0 bridgehead atoms. The van der Waals surface area contributed by atoms with E-state index in [4.69, 9.17) is 13.3 Å². The topological polar surface area (TPSA) is 44.8 Å². The zero-order valence-corrected chi connectivity index (χ0v) is 18.0. The molecule has 0 N–H and O–H groups in total. The molecule has 0 amide bonds. The van der Waals surface area contributed by atoms with Crippen molar-refractivity contribution in [2.24, 2.45) is 0 Å². The highest BCUT2D eigenvalue weighted by molar-refractivity contribution is 6.60. The number of hydrogen-bond acceptors (Lipinski definition) is 4. The van der Waals surface area contributed by atoms with Crippen molar-refractivity contribution in [1.82, 2.24) is 0 Å². The lowest BCUT2D eigenvalue weighted by molar-refractivity contribution is 0.00328. The van der Waals surface area contributed by atoms with Gasteiger partial charge in [0.05, 0.1) is 0 Å². The predicted molar refractivity (Wildman–Crippen MR) is 104 cm³/mol. The van der Waals surface area contributed by atoms with Crippen LogP contribution < -0.4 is 0 Å². The Hall–Kier alpha value is -1.01. The van der Waals surface area contributed by atoms with Gasteiger partial charge in [0.25, 0.3) is 0 Å². The first-order valence-electron chi connectivity index (χ1n) is 9.19. The van der Waals surface area contributed by atoms with Gasteiger partial charge >= 0.3 is 8.80 Å². The third kappa shape index (κ3) is 7.02. The van der Waals surface area contributed by atoms with Crippen LogP contribution in [0.1, 0.15) is 70.0 Å². The van der Waals surface area contributed by atoms with Gasteiger partial charge in [-0.2, -0.15) is 0 Å². The molecule has 0 aliphatic heterocycles. The summed E-state index contributed by atoms with van der Waals surface area (Å²) in [5.41, 5.74) is 2.86. The van der Waals surface area contributed by atoms with Crippen molar-refractivity contribution in [1.29, 1.82) is 0 Å². The lowest BCUT2D eigenvalue weighted by Gasteiger charge is -2.34. The van der Waals surface area contributed by atoms with E-state index in [0.29, 0.717) is 12.5 Å². The SMILES string of the molecule is CC(=O)c1c(C)cccc1CC[Si](OC(C)C)(OC(C)C)OC(C)C. The van der Waals surface area contributed by atoms with Gasteiger partial charge in [0.1, 0.15) is 0 Å². The van der Waals surface area contributed by atoms with Gasteiger partial charge in [-0.3, -0.25) is 4.79 Å². The minimum absolute atomic E-state index is 0.0222. The minimum atomic E-state index is -2.85. The van der Waals surface area contributed by atoms with Gasteiger partial charge in [-0.05, 0) is 72.9 Å². The van der Waals surface area contributed by atoms with E-state index in [1.54, 1.807) is 6.92 Å². The Morgan fingerprint density at radius 2 is 1.44 bits per heavy atom. The van der Waals surface area contributed by atoms with Crippen LogP contribution in [0.15, 0.2) is 18.2 Å². The number of hydrogen-bond donors (Lipinski definition) is 0. The number of carbonyl (C=O) groups is 1. The van der Waals surface area contributed by atoms with Crippen LogP contribution >= 0.6 is 0 Å². The predicted octanol–water partition coefficient (Wildman–Crippen LogP) is 4.95. The van der Waals surface area contributed by atoms with Crippen molar-refractivity contribution >= 4 is 14.6 Å². The molecule has 5 heteroatoms. The van der Waals surface area contributed by atoms with Crippen molar-refractivity contribution in [3.63, 3.8) is 0 Å². The summed E-state index contributed by atoms with van der Waals surface area (Å²) in [4.78, 5) is 12.1. The quantitative estimate of drug-likeness (QED) is 0.434. The maximum Gasteiger partial charge on any atom is 0.501 e. The Kier molecular flexibility index (Phi) is 8.48. The molecule has 1 aromatic rings. The Morgan fingerprint density at radius 1 is 0.960 bits per heavy atom. The van der Waals surface area contributed by atoms with Crippen LogP contribution in [0.25, 0.3) is 0 Å². The lowest BCUT2D eigenvalue weighted by Crippen LogP contribution is -2.51. The van der Waals surface area contributed by atoms with Gasteiger partial charge in [-0.15, -0.1) is 0 Å². The van der Waals surface area contributed by atoms with Gasteiger partial charge in [0, 0.05) is 29.9 Å². The third-order valence-electron chi connectivity index (χ3n) is 3.66.